The van der Waals surface area contributed by atoms with E-state index in [0.717, 1.165) is 19.3 Å². The summed E-state index contributed by atoms with van der Waals surface area (Å²) in [5.74, 6) is -0.913. The summed E-state index contributed by atoms with van der Waals surface area (Å²) in [4.78, 5) is 21.6. The Labute approximate surface area is 101 Å². The van der Waals surface area contributed by atoms with E-state index in [4.69, 9.17) is 9.84 Å². The maximum Gasteiger partial charge on any atom is 0.314 e. The molecule has 0 saturated heterocycles. The van der Waals surface area contributed by atoms with Gasteiger partial charge in [-0.25, -0.2) is 4.79 Å². The largest absolute Gasteiger partial charge is 0.481 e. The lowest BCUT2D eigenvalue weighted by molar-refractivity contribution is -0.136. The first-order valence-corrected chi connectivity index (χ1v) is 5.80. The fourth-order valence-corrected chi connectivity index (χ4v) is 1.62. The van der Waals surface area contributed by atoms with E-state index in [-0.39, 0.29) is 24.4 Å². The number of carbonyl (C=O) groups excluding carboxylic acids is 1. The third-order valence-corrected chi connectivity index (χ3v) is 3.04. The lowest BCUT2D eigenvalue weighted by Gasteiger charge is -2.15. The van der Waals surface area contributed by atoms with Gasteiger partial charge >= 0.3 is 12.0 Å². The van der Waals surface area contributed by atoms with Gasteiger partial charge in [-0.15, -0.1) is 0 Å². The van der Waals surface area contributed by atoms with Gasteiger partial charge in [0, 0.05) is 26.8 Å². The zero-order chi connectivity index (χ0) is 12.7. The van der Waals surface area contributed by atoms with Crippen LogP contribution in [0.1, 0.15) is 25.7 Å². The summed E-state index contributed by atoms with van der Waals surface area (Å²) in [6.45, 7) is 1.50. The molecule has 0 spiro atoms. The molecule has 2 amide bonds. The Bertz CT molecular complexity index is 277. The van der Waals surface area contributed by atoms with E-state index in [1.165, 1.54) is 0 Å². The molecular formula is C11H20N2O4. The number of urea groups is 1. The first-order valence-electron chi connectivity index (χ1n) is 5.80. The first-order chi connectivity index (χ1) is 8.08. The average molecular weight is 244 g/mol. The van der Waals surface area contributed by atoms with Crippen molar-refractivity contribution in [1.29, 1.82) is 0 Å². The van der Waals surface area contributed by atoms with Crippen LogP contribution in [0.3, 0.4) is 0 Å². The van der Waals surface area contributed by atoms with Gasteiger partial charge in [-0.2, -0.15) is 0 Å². The van der Waals surface area contributed by atoms with Gasteiger partial charge in [0.25, 0.3) is 0 Å². The molecule has 0 aromatic rings. The molecule has 0 aromatic heterocycles. The van der Waals surface area contributed by atoms with Crippen molar-refractivity contribution in [2.24, 2.45) is 5.41 Å². The quantitative estimate of drug-likeness (QED) is 0.582. The third kappa shape index (κ3) is 5.53. The van der Waals surface area contributed by atoms with Crippen LogP contribution in [0.2, 0.25) is 0 Å². The highest BCUT2D eigenvalue weighted by Gasteiger charge is 2.42. The Morgan fingerprint density at radius 1 is 1.35 bits per heavy atom. The number of carboxylic acid groups (broad SMARTS) is 1. The number of hydrogen-bond donors (Lipinski definition) is 3. The van der Waals surface area contributed by atoms with Crippen LogP contribution in [0, 0.1) is 5.41 Å². The van der Waals surface area contributed by atoms with Crippen LogP contribution in [0.5, 0.6) is 0 Å². The van der Waals surface area contributed by atoms with Crippen LogP contribution in [-0.4, -0.2) is 43.9 Å². The smallest absolute Gasteiger partial charge is 0.314 e. The maximum atomic E-state index is 11.3. The summed E-state index contributed by atoms with van der Waals surface area (Å²) in [5, 5.41) is 13.7. The first kappa shape index (κ1) is 13.8. The number of carboxylic acids is 1. The topological polar surface area (TPSA) is 87.7 Å². The van der Waals surface area contributed by atoms with Gasteiger partial charge in [0.2, 0.25) is 0 Å². The fourth-order valence-electron chi connectivity index (χ4n) is 1.62. The summed E-state index contributed by atoms with van der Waals surface area (Å²) >= 11 is 0. The SMILES string of the molecule is COCCC1(CNC(=O)NCCC(=O)O)CC1. The van der Waals surface area contributed by atoms with Gasteiger partial charge < -0.3 is 20.5 Å². The molecule has 0 aliphatic heterocycles. The third-order valence-electron chi connectivity index (χ3n) is 3.04. The highest BCUT2D eigenvalue weighted by molar-refractivity contribution is 5.75. The minimum Gasteiger partial charge on any atom is -0.481 e. The van der Waals surface area contributed by atoms with E-state index in [9.17, 15) is 9.59 Å². The summed E-state index contributed by atoms with van der Waals surface area (Å²) in [5.41, 5.74) is 0.208. The number of ether oxygens (including phenoxy) is 1. The molecule has 0 aromatic carbocycles. The molecule has 1 aliphatic rings. The lowest BCUT2D eigenvalue weighted by atomic mass is 10.0. The summed E-state index contributed by atoms with van der Waals surface area (Å²) in [6.07, 6.45) is 3.14. The molecule has 1 rings (SSSR count). The second kappa shape index (κ2) is 6.44. The number of aliphatic carboxylic acids is 1. The molecule has 1 saturated carbocycles. The van der Waals surface area contributed by atoms with Gasteiger partial charge in [-0.05, 0) is 24.7 Å². The highest BCUT2D eigenvalue weighted by atomic mass is 16.5. The normalized spacial score (nSPS) is 16.3. The Morgan fingerprint density at radius 2 is 2.06 bits per heavy atom. The number of amides is 2. The van der Waals surface area contributed by atoms with Crippen molar-refractivity contribution in [1.82, 2.24) is 10.6 Å². The van der Waals surface area contributed by atoms with Crippen LogP contribution < -0.4 is 10.6 Å². The minimum absolute atomic E-state index is 0.0533. The molecule has 0 heterocycles. The molecule has 0 radical (unpaired) electrons. The van der Waals surface area contributed by atoms with Crippen molar-refractivity contribution in [2.75, 3.05) is 26.8 Å². The van der Waals surface area contributed by atoms with Crippen LogP contribution >= 0.6 is 0 Å². The van der Waals surface area contributed by atoms with Crippen LogP contribution in [0.15, 0.2) is 0 Å². The summed E-state index contributed by atoms with van der Waals surface area (Å²) in [6, 6.07) is -0.296. The Balaban J connectivity index is 2.09. The second-order valence-corrected chi connectivity index (χ2v) is 4.50. The molecule has 0 unspecified atom stereocenters. The van der Waals surface area contributed by atoms with E-state index in [1.54, 1.807) is 7.11 Å². The summed E-state index contributed by atoms with van der Waals surface area (Å²) < 4.78 is 5.02. The number of nitrogens with one attached hydrogen (secondary N) is 2. The lowest BCUT2D eigenvalue weighted by Crippen LogP contribution is -2.39. The predicted molar refractivity (Wildman–Crippen MR) is 61.8 cm³/mol. The van der Waals surface area contributed by atoms with Crippen molar-refractivity contribution < 1.29 is 19.4 Å². The van der Waals surface area contributed by atoms with Gasteiger partial charge in [0.15, 0.2) is 0 Å². The maximum absolute atomic E-state index is 11.3. The van der Waals surface area contributed by atoms with Crippen molar-refractivity contribution in [3.63, 3.8) is 0 Å². The zero-order valence-corrected chi connectivity index (χ0v) is 10.1. The van der Waals surface area contributed by atoms with Crippen LogP contribution in [-0.2, 0) is 9.53 Å². The van der Waals surface area contributed by atoms with Gasteiger partial charge in [-0.3, -0.25) is 4.79 Å². The van der Waals surface area contributed by atoms with Crippen molar-refractivity contribution in [3.05, 3.63) is 0 Å². The molecule has 1 aliphatic carbocycles. The number of carbonyl (C=O) groups is 2. The van der Waals surface area contributed by atoms with E-state index in [0.29, 0.717) is 13.2 Å². The summed E-state index contributed by atoms with van der Waals surface area (Å²) in [7, 11) is 1.67. The van der Waals surface area contributed by atoms with Gasteiger partial charge in [0.05, 0.1) is 6.42 Å². The molecule has 0 bridgehead atoms. The van der Waals surface area contributed by atoms with E-state index in [1.807, 2.05) is 0 Å². The Hall–Kier alpha value is -1.30. The van der Waals surface area contributed by atoms with Gasteiger partial charge in [0.1, 0.15) is 0 Å². The standard InChI is InChI=1S/C11H20N2O4/c1-17-7-5-11(3-4-11)8-13-10(16)12-6-2-9(14)15/h2-8H2,1H3,(H,14,15)(H2,12,13,16). The Morgan fingerprint density at radius 3 is 2.59 bits per heavy atom. The molecule has 0 atom stereocenters. The fraction of sp³-hybridized carbons (Fsp3) is 0.818. The molecule has 98 valence electrons. The van der Waals surface area contributed by atoms with Crippen LogP contribution in [0.25, 0.3) is 0 Å². The monoisotopic (exact) mass is 244 g/mol. The van der Waals surface area contributed by atoms with E-state index < -0.39 is 5.97 Å². The Kier molecular flexibility index (Phi) is 5.21. The average Bonchev–Trinajstić information content (AvgIpc) is 3.04. The number of hydrogen-bond acceptors (Lipinski definition) is 3. The predicted octanol–water partition coefficient (Wildman–Crippen LogP) is 0.577. The molecule has 17 heavy (non-hydrogen) atoms. The van der Waals surface area contributed by atoms with Crippen molar-refractivity contribution in [3.8, 4) is 0 Å². The second-order valence-electron chi connectivity index (χ2n) is 4.50. The van der Waals surface area contributed by atoms with Gasteiger partial charge in [-0.1, -0.05) is 0 Å². The number of rotatable bonds is 8. The zero-order valence-electron chi connectivity index (χ0n) is 10.1. The molecule has 1 fully saturated rings. The molecular weight excluding hydrogens is 224 g/mol. The van der Waals surface area contributed by atoms with E-state index in [2.05, 4.69) is 10.6 Å². The van der Waals surface area contributed by atoms with Crippen molar-refractivity contribution >= 4 is 12.0 Å². The van der Waals surface area contributed by atoms with Crippen molar-refractivity contribution in [2.45, 2.75) is 25.7 Å². The van der Waals surface area contributed by atoms with E-state index >= 15 is 0 Å². The van der Waals surface area contributed by atoms with Crippen LogP contribution in [0.4, 0.5) is 4.79 Å². The molecule has 6 heteroatoms. The molecule has 6 nitrogen and oxygen atoms in total. The highest BCUT2D eigenvalue weighted by Crippen LogP contribution is 2.48. The number of methoxy groups -OCH3 is 1. The minimum atomic E-state index is -0.913. The molecule has 3 N–H and O–H groups in total.